The zero-order chi connectivity index (χ0) is 19.5. The maximum absolute atomic E-state index is 13.4. The summed E-state index contributed by atoms with van der Waals surface area (Å²) < 4.78 is 20.9. The van der Waals surface area contributed by atoms with Gasteiger partial charge >= 0.3 is 0 Å². The number of halogens is 2. The van der Waals surface area contributed by atoms with E-state index in [1.807, 2.05) is 18.3 Å². The summed E-state index contributed by atoms with van der Waals surface area (Å²) in [4.78, 5) is 16.8. The van der Waals surface area contributed by atoms with Gasteiger partial charge < -0.3 is 14.4 Å². The molecule has 0 aliphatic heterocycles. The van der Waals surface area contributed by atoms with E-state index in [1.165, 1.54) is 25.3 Å². The summed E-state index contributed by atoms with van der Waals surface area (Å²) in [6.45, 7) is 0.193. The molecule has 0 unspecified atom stereocenters. The highest BCUT2D eigenvalue weighted by Crippen LogP contribution is 2.26. The predicted molar refractivity (Wildman–Crippen MR) is 106 cm³/mol. The summed E-state index contributed by atoms with van der Waals surface area (Å²) in [6, 6.07) is 8.46. The molecule has 0 saturated heterocycles. The number of nitrogens with one attached hydrogen (secondary N) is 1. The van der Waals surface area contributed by atoms with Gasteiger partial charge in [0.15, 0.2) is 0 Å². The van der Waals surface area contributed by atoms with Crippen molar-refractivity contribution in [1.82, 2.24) is 20.0 Å². The van der Waals surface area contributed by atoms with Crippen molar-refractivity contribution in [2.24, 2.45) is 0 Å². The topological polar surface area (TPSA) is 73.0 Å². The van der Waals surface area contributed by atoms with Crippen molar-refractivity contribution in [3.63, 3.8) is 0 Å². The molecule has 1 saturated carbocycles. The van der Waals surface area contributed by atoms with E-state index >= 15 is 0 Å². The molecule has 1 aromatic carbocycles. The monoisotopic (exact) mass is 446 g/mol. The second-order valence-electron chi connectivity index (χ2n) is 6.98. The second kappa shape index (κ2) is 8.26. The van der Waals surface area contributed by atoms with Crippen LogP contribution < -0.4 is 5.32 Å². The van der Waals surface area contributed by atoms with Crippen LogP contribution in [-0.4, -0.2) is 26.7 Å². The molecule has 6 nitrogen and oxygen atoms in total. The van der Waals surface area contributed by atoms with Crippen LogP contribution in [0.4, 0.5) is 4.39 Å². The molecule has 1 amide bonds. The third-order valence-electron chi connectivity index (χ3n) is 4.94. The van der Waals surface area contributed by atoms with Crippen molar-refractivity contribution >= 4 is 21.8 Å². The Bertz CT molecular complexity index is 978. The van der Waals surface area contributed by atoms with Crippen LogP contribution in [0.25, 0.3) is 23.0 Å². The van der Waals surface area contributed by atoms with Gasteiger partial charge in [0.1, 0.15) is 18.1 Å². The molecule has 0 radical (unpaired) electrons. The lowest BCUT2D eigenvalue weighted by Crippen LogP contribution is -2.38. The Morgan fingerprint density at radius 1 is 1.29 bits per heavy atom. The van der Waals surface area contributed by atoms with E-state index in [4.69, 9.17) is 4.52 Å². The summed E-state index contributed by atoms with van der Waals surface area (Å²) in [5.74, 6) is 0.290. The molecule has 146 valence electrons. The van der Waals surface area contributed by atoms with Gasteiger partial charge in [-0.05, 0) is 59.1 Å². The third kappa shape index (κ3) is 4.16. The first-order valence-electron chi connectivity index (χ1n) is 9.34. The number of rotatable bonds is 5. The molecular formula is C20H20BrFN4O2. The van der Waals surface area contributed by atoms with Crippen LogP contribution in [0.1, 0.15) is 32.1 Å². The van der Waals surface area contributed by atoms with E-state index in [1.54, 1.807) is 16.7 Å². The Labute approximate surface area is 170 Å². The van der Waals surface area contributed by atoms with Crippen molar-refractivity contribution in [3.8, 4) is 23.0 Å². The highest BCUT2D eigenvalue weighted by atomic mass is 79.9. The van der Waals surface area contributed by atoms with Gasteiger partial charge in [-0.1, -0.05) is 24.4 Å². The van der Waals surface area contributed by atoms with Gasteiger partial charge in [0, 0.05) is 17.8 Å². The number of hydrogen-bond acceptors (Lipinski definition) is 4. The number of nitrogens with zero attached hydrogens (tertiary/aromatic N) is 3. The summed E-state index contributed by atoms with van der Waals surface area (Å²) >= 11 is 3.16. The molecular weight excluding hydrogens is 427 g/mol. The number of aromatic nitrogens is 3. The van der Waals surface area contributed by atoms with Crippen molar-refractivity contribution in [3.05, 3.63) is 46.8 Å². The second-order valence-corrected chi connectivity index (χ2v) is 7.83. The Hall–Kier alpha value is -2.48. The molecule has 1 aliphatic rings. The summed E-state index contributed by atoms with van der Waals surface area (Å²) in [5, 5.41) is 7.10. The highest BCUT2D eigenvalue weighted by Gasteiger charge is 2.19. The van der Waals surface area contributed by atoms with Gasteiger partial charge in [-0.2, -0.15) is 4.98 Å². The Balaban J connectivity index is 1.48. The van der Waals surface area contributed by atoms with Gasteiger partial charge in [-0.3, -0.25) is 4.79 Å². The molecule has 0 bridgehead atoms. The molecule has 28 heavy (non-hydrogen) atoms. The number of carbonyl (C=O) groups is 1. The SMILES string of the molecule is O=C(Cn1cccc1-c1nc(-c2ccc(F)c(Br)c2)no1)NC1CCCCC1. The highest BCUT2D eigenvalue weighted by molar-refractivity contribution is 9.10. The zero-order valence-electron chi connectivity index (χ0n) is 15.2. The predicted octanol–water partition coefficient (Wildman–Crippen LogP) is 4.56. The average molecular weight is 447 g/mol. The van der Waals surface area contributed by atoms with Crippen molar-refractivity contribution in [1.29, 1.82) is 0 Å². The number of carbonyl (C=O) groups excluding carboxylic acids is 1. The van der Waals surface area contributed by atoms with Gasteiger partial charge in [-0.15, -0.1) is 0 Å². The quantitative estimate of drug-likeness (QED) is 0.623. The minimum Gasteiger partial charge on any atom is -0.352 e. The van der Waals surface area contributed by atoms with Gasteiger partial charge in [-0.25, -0.2) is 4.39 Å². The summed E-state index contributed by atoms with van der Waals surface area (Å²) in [6.07, 6.45) is 7.50. The Morgan fingerprint density at radius 3 is 2.89 bits per heavy atom. The van der Waals surface area contributed by atoms with Crippen LogP contribution in [0.2, 0.25) is 0 Å². The van der Waals surface area contributed by atoms with E-state index < -0.39 is 0 Å². The molecule has 2 aromatic heterocycles. The Morgan fingerprint density at radius 2 is 2.11 bits per heavy atom. The Kier molecular flexibility index (Phi) is 5.57. The fourth-order valence-electron chi connectivity index (χ4n) is 3.50. The van der Waals surface area contributed by atoms with Crippen molar-refractivity contribution in [2.45, 2.75) is 44.7 Å². The fourth-order valence-corrected chi connectivity index (χ4v) is 3.88. The van der Waals surface area contributed by atoms with E-state index in [9.17, 15) is 9.18 Å². The van der Waals surface area contributed by atoms with Crippen LogP contribution in [0, 0.1) is 5.82 Å². The van der Waals surface area contributed by atoms with Crippen LogP contribution >= 0.6 is 15.9 Å². The lowest BCUT2D eigenvalue weighted by atomic mass is 9.95. The molecule has 0 spiro atoms. The third-order valence-corrected chi connectivity index (χ3v) is 5.54. The lowest BCUT2D eigenvalue weighted by Gasteiger charge is -2.23. The fraction of sp³-hybridized carbons (Fsp3) is 0.350. The van der Waals surface area contributed by atoms with Crippen molar-refractivity contribution in [2.75, 3.05) is 0 Å². The van der Waals surface area contributed by atoms with Gasteiger partial charge in [0.05, 0.1) is 4.47 Å². The first-order valence-corrected chi connectivity index (χ1v) is 10.1. The first kappa shape index (κ1) is 18.9. The minimum atomic E-state index is -0.356. The normalized spacial score (nSPS) is 14.9. The van der Waals surface area contributed by atoms with Gasteiger partial charge in [0.25, 0.3) is 5.89 Å². The smallest absolute Gasteiger partial charge is 0.274 e. The minimum absolute atomic E-state index is 0.0217. The lowest BCUT2D eigenvalue weighted by molar-refractivity contribution is -0.122. The molecule has 8 heteroatoms. The molecule has 1 N–H and O–H groups in total. The van der Waals surface area contributed by atoms with Crippen LogP contribution in [0.3, 0.4) is 0 Å². The average Bonchev–Trinajstić information content (AvgIpc) is 3.34. The first-order chi connectivity index (χ1) is 13.6. The van der Waals surface area contributed by atoms with Crippen molar-refractivity contribution < 1.29 is 13.7 Å². The van der Waals surface area contributed by atoms with E-state index in [0.717, 1.165) is 12.8 Å². The zero-order valence-corrected chi connectivity index (χ0v) is 16.8. The summed E-state index contributed by atoms with van der Waals surface area (Å²) in [7, 11) is 0. The number of amides is 1. The molecule has 4 rings (SSSR count). The molecule has 3 aromatic rings. The van der Waals surface area contributed by atoms with E-state index in [0.29, 0.717) is 27.4 Å². The molecule has 1 fully saturated rings. The number of hydrogen-bond donors (Lipinski definition) is 1. The summed E-state index contributed by atoms with van der Waals surface area (Å²) in [5.41, 5.74) is 1.30. The molecule has 2 heterocycles. The molecule has 0 atom stereocenters. The molecule has 1 aliphatic carbocycles. The van der Waals surface area contributed by atoms with Crippen LogP contribution in [-0.2, 0) is 11.3 Å². The maximum Gasteiger partial charge on any atom is 0.274 e. The van der Waals surface area contributed by atoms with Gasteiger partial charge in [0.2, 0.25) is 11.7 Å². The standard InChI is InChI=1S/C20H20BrFN4O2/c21-15-11-13(8-9-16(15)22)19-24-20(28-25-19)17-7-4-10-26(17)12-18(27)23-14-5-2-1-3-6-14/h4,7-11,14H,1-3,5-6,12H2,(H,23,27). The van der Waals surface area contributed by atoms with E-state index in [2.05, 4.69) is 31.4 Å². The largest absolute Gasteiger partial charge is 0.352 e. The maximum atomic E-state index is 13.4. The van der Waals surface area contributed by atoms with Crippen LogP contribution in [0.15, 0.2) is 45.5 Å². The number of benzene rings is 1. The van der Waals surface area contributed by atoms with Crippen LogP contribution in [0.5, 0.6) is 0 Å². The van der Waals surface area contributed by atoms with E-state index in [-0.39, 0.29) is 24.3 Å².